The summed E-state index contributed by atoms with van der Waals surface area (Å²) in [5, 5.41) is 0. The van der Waals surface area contributed by atoms with E-state index in [0.29, 0.717) is 0 Å². The fourth-order valence-electron chi connectivity index (χ4n) is 2.40. The molecule has 0 fully saturated rings. The Morgan fingerprint density at radius 3 is 1.39 bits per heavy atom. The molecule has 0 radical (unpaired) electrons. The Labute approximate surface area is 166 Å². The quantitative estimate of drug-likeness (QED) is 0.416. The van der Waals surface area contributed by atoms with Crippen molar-refractivity contribution in [3.63, 3.8) is 0 Å². The van der Waals surface area contributed by atoms with E-state index in [0.717, 1.165) is 17.2 Å². The maximum absolute atomic E-state index is 9.75. The number of hydrogen-bond acceptors (Lipinski definition) is 1. The molecule has 2 aliphatic heterocycles. The minimum atomic E-state index is -6.00. The highest BCUT2D eigenvalue weighted by Crippen LogP contribution is 2.39. The first-order valence-electron chi connectivity index (χ1n) is 9.35. The zero-order valence-electron chi connectivity index (χ0n) is 18.3. The Balaban J connectivity index is 0.000000696. The van der Waals surface area contributed by atoms with Crippen LogP contribution in [0.2, 0.25) is 0 Å². The van der Waals surface area contributed by atoms with Gasteiger partial charge in [0.2, 0.25) is 5.70 Å². The van der Waals surface area contributed by atoms with E-state index in [-0.39, 0.29) is 16.2 Å². The minimum absolute atomic E-state index is 0.0184. The van der Waals surface area contributed by atoms with Gasteiger partial charge in [0.25, 0.3) is 0 Å². The van der Waals surface area contributed by atoms with E-state index >= 15 is 0 Å². The summed E-state index contributed by atoms with van der Waals surface area (Å²) in [5.41, 5.74) is 3.69. The van der Waals surface area contributed by atoms with Gasteiger partial charge in [-0.15, -0.1) is 0 Å². The van der Waals surface area contributed by atoms with E-state index in [1.807, 2.05) is 0 Å². The smallest absolute Gasteiger partial charge is 0.465 e. The van der Waals surface area contributed by atoms with Crippen LogP contribution < -0.4 is 4.99 Å². The largest absolute Gasteiger partial charge is 0.673 e. The molecular weight excluding hydrogens is 369 g/mol. The van der Waals surface area contributed by atoms with Gasteiger partial charge in [-0.3, -0.25) is 0 Å². The zero-order chi connectivity index (χ0) is 22.1. The highest BCUT2D eigenvalue weighted by molar-refractivity contribution is 6.50. The van der Waals surface area contributed by atoms with Gasteiger partial charge in [-0.25, -0.2) is 4.99 Å². The molecule has 0 spiro atoms. The first kappa shape index (κ1) is 24.3. The van der Waals surface area contributed by atoms with Crippen LogP contribution in [0.4, 0.5) is 17.3 Å². The summed E-state index contributed by atoms with van der Waals surface area (Å²) < 4.78 is 45.2. The van der Waals surface area contributed by atoms with Crippen molar-refractivity contribution in [1.29, 1.82) is 0 Å². The van der Waals surface area contributed by atoms with Crippen molar-refractivity contribution >= 4 is 13.0 Å². The topological polar surface area (TPSA) is 23.2 Å². The van der Waals surface area contributed by atoms with Gasteiger partial charge in [0.05, 0.1) is 5.57 Å². The first-order valence-corrected chi connectivity index (χ1v) is 9.35. The summed E-state index contributed by atoms with van der Waals surface area (Å²) in [6.45, 7) is 19.8. The van der Waals surface area contributed by atoms with Crippen LogP contribution in [0.3, 0.4) is 0 Å². The van der Waals surface area contributed by atoms with Crippen molar-refractivity contribution in [2.45, 2.75) is 62.3 Å². The average molecular weight is 401 g/mol. The van der Waals surface area contributed by atoms with Gasteiger partial charge in [-0.2, -0.15) is 0 Å². The summed E-state index contributed by atoms with van der Waals surface area (Å²) >= 11 is 0. The molecule has 1 N–H and O–H groups in total. The molecule has 158 valence electrons. The number of allylic oxidation sites excluding steroid dienone is 7. The van der Waals surface area contributed by atoms with Crippen molar-refractivity contribution in [1.82, 2.24) is 0 Å². The average Bonchev–Trinajstić information content (AvgIpc) is 2.93. The zero-order valence-corrected chi connectivity index (χ0v) is 18.3. The Morgan fingerprint density at radius 1 is 0.714 bits per heavy atom. The Bertz CT molecular complexity index is 711. The lowest BCUT2D eigenvalue weighted by Crippen LogP contribution is -2.70. The molecule has 2 heterocycles. The van der Waals surface area contributed by atoms with E-state index in [9.17, 15) is 17.3 Å². The summed E-state index contributed by atoms with van der Waals surface area (Å²) in [6, 6.07) is 0. The van der Waals surface area contributed by atoms with Crippen LogP contribution in [0.25, 0.3) is 0 Å². The molecule has 0 aliphatic carbocycles. The van der Waals surface area contributed by atoms with Gasteiger partial charge >= 0.3 is 7.25 Å². The molecule has 0 aromatic heterocycles. The van der Waals surface area contributed by atoms with Gasteiger partial charge in [0, 0.05) is 28.4 Å². The van der Waals surface area contributed by atoms with Crippen molar-refractivity contribution < 1.29 is 27.0 Å². The fraction of sp³-hybridized carbons (Fsp3) is 0.571. The van der Waals surface area contributed by atoms with E-state index in [2.05, 4.69) is 91.6 Å². The first-order chi connectivity index (χ1) is 12.3. The maximum atomic E-state index is 9.75. The molecule has 0 unspecified atom stereocenters. The van der Waals surface area contributed by atoms with Gasteiger partial charge < -0.3 is 22.0 Å². The van der Waals surface area contributed by atoms with Crippen LogP contribution in [-0.4, -0.2) is 13.0 Å². The van der Waals surface area contributed by atoms with Crippen LogP contribution in [0.5, 0.6) is 0 Å². The number of nitrogens with one attached hydrogen (secondary N) is 1. The third-order valence-corrected chi connectivity index (χ3v) is 4.08. The van der Waals surface area contributed by atoms with Gasteiger partial charge in [-0.05, 0) is 12.2 Å². The lowest BCUT2D eigenvalue weighted by atomic mass is 9.87. The van der Waals surface area contributed by atoms with Crippen LogP contribution in [0.15, 0.2) is 47.1 Å². The second-order valence-corrected chi connectivity index (χ2v) is 10.1. The highest BCUT2D eigenvalue weighted by Gasteiger charge is 2.32. The van der Waals surface area contributed by atoms with Gasteiger partial charge in [0.1, 0.15) is 11.5 Å². The lowest BCUT2D eigenvalue weighted by Gasteiger charge is -2.32. The highest BCUT2D eigenvalue weighted by atomic mass is 19.5. The normalized spacial score (nSPS) is 18.1. The molecule has 2 nitrogen and oxygen atoms in total. The second-order valence-electron chi connectivity index (χ2n) is 10.1. The molecule has 2 aliphatic rings. The number of ether oxygens (including phenoxy) is 1. The van der Waals surface area contributed by atoms with E-state index in [4.69, 9.17) is 4.74 Å². The van der Waals surface area contributed by atoms with Crippen LogP contribution >= 0.6 is 0 Å². The molecule has 0 bridgehead atoms. The maximum Gasteiger partial charge on any atom is 0.673 e. The van der Waals surface area contributed by atoms with Gasteiger partial charge in [-0.1, -0.05) is 62.3 Å². The fourth-order valence-corrected chi connectivity index (χ4v) is 2.40. The molecule has 0 aromatic rings. The van der Waals surface area contributed by atoms with E-state index < -0.39 is 7.25 Å². The Kier molecular flexibility index (Phi) is 6.86. The molecule has 2 rings (SSSR count). The second kappa shape index (κ2) is 7.92. The van der Waals surface area contributed by atoms with Crippen LogP contribution in [-0.2, 0) is 4.74 Å². The van der Waals surface area contributed by atoms with Crippen molar-refractivity contribution in [3.8, 4) is 0 Å². The Morgan fingerprint density at radius 2 is 1.11 bits per heavy atom. The van der Waals surface area contributed by atoms with Gasteiger partial charge in [0.15, 0.2) is 5.71 Å². The lowest BCUT2D eigenvalue weighted by molar-refractivity contribution is -0.391. The summed E-state index contributed by atoms with van der Waals surface area (Å²) in [6.07, 6.45) is 8.71. The Hall–Kier alpha value is -1.79. The predicted octanol–water partition coefficient (Wildman–Crippen LogP) is 5.57. The number of rotatable bonds is 0. The number of hydrogen-bond donors (Lipinski definition) is 1. The minimum Gasteiger partial charge on any atom is -0.465 e. The SMILES string of the molecule is CC(C)(C)C1=CC(=C2C=CC(C(C)(C)C)=[NH+]2)C=C(C(C)(C)C)O1.F[B-](F)(F)F. The van der Waals surface area contributed by atoms with E-state index in [1.165, 1.54) is 11.3 Å². The molecule has 7 heteroatoms. The summed E-state index contributed by atoms with van der Waals surface area (Å²) in [5.74, 6) is 2.04. The van der Waals surface area contributed by atoms with E-state index in [1.54, 1.807) is 0 Å². The third-order valence-electron chi connectivity index (χ3n) is 4.08. The third kappa shape index (κ3) is 7.68. The van der Waals surface area contributed by atoms with Crippen LogP contribution in [0, 0.1) is 16.2 Å². The molecule has 28 heavy (non-hydrogen) atoms. The van der Waals surface area contributed by atoms with Crippen LogP contribution in [0.1, 0.15) is 62.3 Å². The van der Waals surface area contributed by atoms with Crippen molar-refractivity contribution in [2.75, 3.05) is 0 Å². The standard InChI is InChI=1S/C21H31NO.BF4/c1-19(2,3)16-11-10-15(22-16)14-12-17(20(4,5)6)23-18(13-14)21(7,8)9;2-1(3,4)5/h10-13H,1-9H3;/q;-1/p+1. The molecule has 0 saturated heterocycles. The van der Waals surface area contributed by atoms with Crippen molar-refractivity contribution in [2.24, 2.45) is 16.2 Å². The molecule has 0 aromatic carbocycles. The molecular formula is C21H32BF4NO. The summed E-state index contributed by atoms with van der Waals surface area (Å²) in [4.78, 5) is 3.59. The molecule has 0 atom stereocenters. The molecule has 0 amide bonds. The summed E-state index contributed by atoms with van der Waals surface area (Å²) in [7, 11) is -6.00. The molecule has 0 saturated carbocycles. The van der Waals surface area contributed by atoms with Crippen molar-refractivity contribution in [3.05, 3.63) is 47.1 Å². The number of halogens is 4. The predicted molar refractivity (Wildman–Crippen MR) is 108 cm³/mol. The monoisotopic (exact) mass is 401 g/mol.